The Bertz CT molecular complexity index is 1370. The Morgan fingerprint density at radius 2 is 2.03 bits per heavy atom. The minimum atomic E-state index is -0.528. The number of hydrogen-bond acceptors (Lipinski definition) is 6. The Hall–Kier alpha value is -4.27. The quantitative estimate of drug-likeness (QED) is 0.446. The maximum absolute atomic E-state index is 15.0. The van der Waals surface area contributed by atoms with Crippen LogP contribution in [-0.4, -0.2) is 43.6 Å². The summed E-state index contributed by atoms with van der Waals surface area (Å²) in [5.41, 5.74) is 7.75. The summed E-state index contributed by atoms with van der Waals surface area (Å²) in [6, 6.07) is 13.6. The second-order valence-corrected chi connectivity index (χ2v) is 8.10. The van der Waals surface area contributed by atoms with Crippen molar-refractivity contribution in [2.24, 2.45) is 0 Å². The minimum absolute atomic E-state index is 0.103. The van der Waals surface area contributed by atoms with E-state index in [0.717, 1.165) is 12.8 Å². The highest BCUT2D eigenvalue weighted by Crippen LogP contribution is 2.35. The first kappa shape index (κ1) is 21.6. The lowest BCUT2D eigenvalue weighted by atomic mass is 10.1. The van der Waals surface area contributed by atoms with Crippen LogP contribution in [0.15, 0.2) is 67.5 Å². The molecule has 34 heavy (non-hydrogen) atoms. The number of nitrogens with two attached hydrogens (primary N) is 1. The van der Waals surface area contributed by atoms with Gasteiger partial charge in [0.05, 0.1) is 11.4 Å². The number of likely N-dealkylation sites (tertiary alicyclic amines) is 1. The van der Waals surface area contributed by atoms with E-state index >= 15 is 0 Å². The van der Waals surface area contributed by atoms with Gasteiger partial charge in [0.15, 0.2) is 17.2 Å². The fraction of sp³-hybridized carbons (Fsp3) is 0.200. The van der Waals surface area contributed by atoms with Crippen molar-refractivity contribution in [2.75, 3.05) is 18.8 Å². The van der Waals surface area contributed by atoms with E-state index < -0.39 is 5.82 Å². The maximum Gasteiger partial charge on any atom is 0.246 e. The number of anilines is 1. The molecule has 1 atom stereocenters. The molecule has 3 heterocycles. The number of amides is 1. The first-order valence-electron chi connectivity index (χ1n) is 11.0. The van der Waals surface area contributed by atoms with Gasteiger partial charge in [-0.2, -0.15) is 5.10 Å². The van der Waals surface area contributed by atoms with Gasteiger partial charge in [0.2, 0.25) is 5.91 Å². The van der Waals surface area contributed by atoms with E-state index in [0.29, 0.717) is 41.1 Å². The first-order chi connectivity index (χ1) is 16.5. The van der Waals surface area contributed by atoms with E-state index in [4.69, 9.17) is 15.6 Å². The largest absolute Gasteiger partial charge is 0.454 e. The Kier molecular flexibility index (Phi) is 5.67. The van der Waals surface area contributed by atoms with Crippen LogP contribution >= 0.6 is 0 Å². The lowest BCUT2D eigenvalue weighted by Crippen LogP contribution is -2.40. The lowest BCUT2D eigenvalue weighted by Gasteiger charge is -2.32. The zero-order chi connectivity index (χ0) is 23.7. The number of carbonyl (C=O) groups excluding carboxylic acids is 1. The predicted octanol–water partition coefficient (Wildman–Crippen LogP) is 4.36. The molecule has 9 heteroatoms. The molecule has 1 aliphatic heterocycles. The van der Waals surface area contributed by atoms with Crippen molar-refractivity contribution >= 4 is 22.8 Å². The molecule has 0 spiro atoms. The normalized spacial score (nSPS) is 15.9. The second-order valence-electron chi connectivity index (χ2n) is 8.10. The minimum Gasteiger partial charge on any atom is -0.454 e. The maximum atomic E-state index is 15.0. The van der Waals surface area contributed by atoms with Gasteiger partial charge < -0.3 is 15.4 Å². The molecule has 0 unspecified atom stereocenters. The Balaban J connectivity index is 1.54. The smallest absolute Gasteiger partial charge is 0.246 e. The molecule has 172 valence electrons. The third kappa shape index (κ3) is 3.96. The molecule has 2 N–H and O–H groups in total. The number of ether oxygens (including phenoxy) is 1. The number of halogens is 1. The van der Waals surface area contributed by atoms with Crippen LogP contribution < -0.4 is 10.5 Å². The summed E-state index contributed by atoms with van der Waals surface area (Å²) in [5, 5.41) is 5.33. The van der Waals surface area contributed by atoms with E-state index in [1.165, 1.54) is 18.5 Å². The van der Waals surface area contributed by atoms with Crippen LogP contribution in [0.1, 0.15) is 18.9 Å². The summed E-state index contributed by atoms with van der Waals surface area (Å²) in [4.78, 5) is 22.4. The van der Waals surface area contributed by atoms with Gasteiger partial charge in [0, 0.05) is 18.7 Å². The Labute approximate surface area is 195 Å². The molecule has 1 saturated heterocycles. The number of aromatic nitrogens is 4. The number of fused-ring (bicyclic) bond motifs is 1. The van der Waals surface area contributed by atoms with Gasteiger partial charge in [-0.25, -0.2) is 19.0 Å². The van der Waals surface area contributed by atoms with Gasteiger partial charge in [0.25, 0.3) is 0 Å². The molecule has 2 aromatic heterocycles. The molecule has 5 rings (SSSR count). The van der Waals surface area contributed by atoms with Gasteiger partial charge >= 0.3 is 0 Å². The predicted molar refractivity (Wildman–Crippen MR) is 127 cm³/mol. The van der Waals surface area contributed by atoms with E-state index in [1.54, 1.807) is 33.8 Å². The Morgan fingerprint density at radius 1 is 1.21 bits per heavy atom. The van der Waals surface area contributed by atoms with E-state index in [-0.39, 0.29) is 23.5 Å². The van der Waals surface area contributed by atoms with Crippen LogP contribution in [-0.2, 0) is 4.79 Å². The van der Waals surface area contributed by atoms with Crippen LogP contribution in [0.25, 0.3) is 22.3 Å². The molecule has 0 saturated carbocycles. The van der Waals surface area contributed by atoms with Gasteiger partial charge in [-0.1, -0.05) is 24.8 Å². The van der Waals surface area contributed by atoms with E-state index in [2.05, 4.69) is 16.5 Å². The molecule has 1 aliphatic rings. The van der Waals surface area contributed by atoms with Crippen molar-refractivity contribution in [3.63, 3.8) is 0 Å². The molecule has 1 amide bonds. The highest BCUT2D eigenvalue weighted by atomic mass is 19.1. The van der Waals surface area contributed by atoms with E-state index in [1.807, 2.05) is 18.2 Å². The number of nitrogen functional groups attached to an aromatic ring is 1. The second kappa shape index (κ2) is 8.93. The van der Waals surface area contributed by atoms with Crippen molar-refractivity contribution in [1.29, 1.82) is 0 Å². The third-order valence-corrected chi connectivity index (χ3v) is 5.92. The number of carbonyl (C=O) groups is 1. The third-order valence-electron chi connectivity index (χ3n) is 5.92. The Morgan fingerprint density at radius 3 is 2.79 bits per heavy atom. The molecule has 0 radical (unpaired) electrons. The molecule has 0 aliphatic carbocycles. The summed E-state index contributed by atoms with van der Waals surface area (Å²) in [7, 11) is 0. The number of hydrogen-bond donors (Lipinski definition) is 1. The summed E-state index contributed by atoms with van der Waals surface area (Å²) < 4.78 is 22.4. The van der Waals surface area contributed by atoms with Crippen molar-refractivity contribution in [3.8, 4) is 22.8 Å². The van der Waals surface area contributed by atoms with Crippen LogP contribution in [0.5, 0.6) is 11.5 Å². The van der Waals surface area contributed by atoms with Gasteiger partial charge in [-0.3, -0.25) is 4.79 Å². The summed E-state index contributed by atoms with van der Waals surface area (Å²) in [5.74, 6) is 0.254. The zero-order valence-electron chi connectivity index (χ0n) is 18.4. The molecular weight excluding hydrogens is 435 g/mol. The first-order valence-corrected chi connectivity index (χ1v) is 11.0. The number of nitrogens with zero attached hydrogens (tertiary/aromatic N) is 5. The zero-order valence-corrected chi connectivity index (χ0v) is 18.4. The van der Waals surface area contributed by atoms with Crippen LogP contribution in [0.3, 0.4) is 0 Å². The van der Waals surface area contributed by atoms with Gasteiger partial charge in [-0.05, 0) is 49.2 Å². The number of benzene rings is 2. The summed E-state index contributed by atoms with van der Waals surface area (Å²) >= 11 is 0. The summed E-state index contributed by atoms with van der Waals surface area (Å²) in [6.07, 6.45) is 4.34. The van der Waals surface area contributed by atoms with Crippen molar-refractivity contribution in [2.45, 2.75) is 18.9 Å². The fourth-order valence-electron chi connectivity index (χ4n) is 4.28. The molecule has 8 nitrogen and oxygen atoms in total. The average molecular weight is 458 g/mol. The standard InChI is InChI=1S/C25H23FN6O2/c1-2-21(33)31-12-6-7-17(14-31)32-25-22(24(27)28-15-29-25)23(30-32)16-10-11-20(19(26)13-16)34-18-8-4-3-5-9-18/h2-5,8-11,13,15,17H,1,6-7,12,14H2,(H2,27,28,29)/t17-/m0/s1. The molecule has 2 aromatic carbocycles. The summed E-state index contributed by atoms with van der Waals surface area (Å²) in [6.45, 7) is 4.72. The van der Waals surface area contributed by atoms with Gasteiger partial charge in [-0.15, -0.1) is 0 Å². The van der Waals surface area contributed by atoms with Crippen LogP contribution in [0.4, 0.5) is 10.2 Å². The van der Waals surface area contributed by atoms with Crippen LogP contribution in [0, 0.1) is 5.82 Å². The molecule has 0 bridgehead atoms. The van der Waals surface area contributed by atoms with E-state index in [9.17, 15) is 9.18 Å². The fourth-order valence-corrected chi connectivity index (χ4v) is 4.28. The average Bonchev–Trinajstić information content (AvgIpc) is 3.26. The van der Waals surface area contributed by atoms with Crippen molar-refractivity contribution < 1.29 is 13.9 Å². The lowest BCUT2D eigenvalue weighted by molar-refractivity contribution is -0.127. The monoisotopic (exact) mass is 458 g/mol. The highest BCUT2D eigenvalue weighted by molar-refractivity contribution is 5.98. The SMILES string of the molecule is C=CC(=O)N1CCC[C@H](n2nc(-c3ccc(Oc4ccccc4)c(F)c3)c3c(N)ncnc32)C1. The molecule has 1 fully saturated rings. The van der Waals surface area contributed by atoms with Crippen LogP contribution in [0.2, 0.25) is 0 Å². The van der Waals surface area contributed by atoms with Crippen molar-refractivity contribution in [3.05, 3.63) is 73.3 Å². The highest BCUT2D eigenvalue weighted by Gasteiger charge is 2.28. The number of para-hydroxylation sites is 1. The molecule has 4 aromatic rings. The van der Waals surface area contributed by atoms with Gasteiger partial charge in [0.1, 0.15) is 23.6 Å². The van der Waals surface area contributed by atoms with Crippen molar-refractivity contribution in [1.82, 2.24) is 24.6 Å². The number of rotatable bonds is 5. The molecular formula is C25H23FN6O2. The topological polar surface area (TPSA) is 99.2 Å². The number of piperidine rings is 1.